The Bertz CT molecular complexity index is 1090. The maximum Gasteiger partial charge on any atom is 0.268 e. The van der Waals surface area contributed by atoms with Crippen molar-refractivity contribution in [1.29, 1.82) is 0 Å². The lowest BCUT2D eigenvalue weighted by Gasteiger charge is -2.09. The second kappa shape index (κ2) is 10.8. The number of hydrogen-bond acceptors (Lipinski definition) is 6. The summed E-state index contributed by atoms with van der Waals surface area (Å²) in [5.74, 6) is -0.607. The van der Waals surface area contributed by atoms with Crippen molar-refractivity contribution < 1.29 is 14.4 Å². The third kappa shape index (κ3) is 6.07. The van der Waals surface area contributed by atoms with Gasteiger partial charge in [0.1, 0.15) is 10.7 Å². The number of aryl methyl sites for hydroxylation is 1. The van der Waals surface area contributed by atoms with Gasteiger partial charge in [0.25, 0.3) is 5.91 Å². The first kappa shape index (κ1) is 23.3. The molecule has 2 N–H and O–H groups in total. The van der Waals surface area contributed by atoms with Gasteiger partial charge in [-0.3, -0.25) is 19.4 Å². The average molecular weight is 451 g/mol. The number of ketones is 1. The van der Waals surface area contributed by atoms with E-state index in [1.807, 2.05) is 12.1 Å². The van der Waals surface area contributed by atoms with Crippen LogP contribution in [0.5, 0.6) is 0 Å². The van der Waals surface area contributed by atoms with Crippen LogP contribution in [-0.4, -0.2) is 46.6 Å². The number of thiazole rings is 1. The van der Waals surface area contributed by atoms with Gasteiger partial charge in [0.15, 0.2) is 5.78 Å². The van der Waals surface area contributed by atoms with E-state index in [9.17, 15) is 14.4 Å². The van der Waals surface area contributed by atoms with Crippen LogP contribution in [0.1, 0.15) is 50.5 Å². The van der Waals surface area contributed by atoms with Crippen LogP contribution in [0.25, 0.3) is 10.6 Å². The van der Waals surface area contributed by atoms with Gasteiger partial charge in [-0.25, -0.2) is 4.98 Å². The molecule has 32 heavy (non-hydrogen) atoms. The number of hydrogen-bond donors (Lipinski definition) is 1. The molecule has 0 saturated carbocycles. The molecule has 0 spiro atoms. The summed E-state index contributed by atoms with van der Waals surface area (Å²) in [5, 5.41) is 0.632. The Kier molecular flexibility index (Phi) is 7.83. The smallest absolute Gasteiger partial charge is 0.268 e. The Hall–Kier alpha value is -3.39. The molecule has 2 aromatic heterocycles. The number of carbonyl (C=O) groups excluding carboxylic acids is 3. The number of rotatable bonds is 10. The zero-order valence-electron chi connectivity index (χ0n) is 18.2. The monoisotopic (exact) mass is 450 g/mol. The number of carbonyl (C=O) groups is 3. The van der Waals surface area contributed by atoms with Crippen LogP contribution >= 0.6 is 11.3 Å². The highest BCUT2D eigenvalue weighted by Gasteiger charge is 2.20. The van der Waals surface area contributed by atoms with Gasteiger partial charge < -0.3 is 10.6 Å². The van der Waals surface area contributed by atoms with Crippen molar-refractivity contribution in [2.75, 3.05) is 14.1 Å². The Labute approximate surface area is 191 Å². The quantitative estimate of drug-likeness (QED) is 0.376. The minimum atomic E-state index is -0.646. The first-order valence-electron chi connectivity index (χ1n) is 10.4. The molecule has 0 aliphatic rings. The first-order valence-corrected chi connectivity index (χ1v) is 11.2. The molecule has 1 aromatic carbocycles. The molecule has 166 valence electrons. The van der Waals surface area contributed by atoms with Crippen molar-refractivity contribution in [2.45, 2.75) is 32.1 Å². The molecule has 0 atom stereocenters. The summed E-state index contributed by atoms with van der Waals surface area (Å²) in [6.07, 6.45) is 6.49. The van der Waals surface area contributed by atoms with E-state index in [4.69, 9.17) is 5.73 Å². The van der Waals surface area contributed by atoms with E-state index in [1.54, 1.807) is 55.7 Å². The fourth-order valence-corrected chi connectivity index (χ4v) is 4.29. The van der Waals surface area contributed by atoms with Gasteiger partial charge >= 0.3 is 0 Å². The van der Waals surface area contributed by atoms with Crippen molar-refractivity contribution in [3.63, 3.8) is 0 Å². The van der Waals surface area contributed by atoms with Gasteiger partial charge in [0, 0.05) is 55.3 Å². The highest BCUT2D eigenvalue weighted by atomic mass is 32.1. The third-order valence-corrected chi connectivity index (χ3v) is 6.16. The van der Waals surface area contributed by atoms with E-state index in [2.05, 4.69) is 9.97 Å². The predicted molar refractivity (Wildman–Crippen MR) is 125 cm³/mol. The summed E-state index contributed by atoms with van der Waals surface area (Å²) in [7, 11) is 3.52. The molecule has 0 radical (unpaired) electrons. The second-order valence-corrected chi connectivity index (χ2v) is 8.77. The number of unbranched alkanes of at least 4 members (excludes halogenated alkanes) is 1. The molecule has 8 heteroatoms. The minimum absolute atomic E-state index is 0.0625. The summed E-state index contributed by atoms with van der Waals surface area (Å²) in [5.41, 5.74) is 8.15. The van der Waals surface area contributed by atoms with E-state index >= 15 is 0 Å². The minimum Gasteiger partial charge on any atom is -0.364 e. The van der Waals surface area contributed by atoms with E-state index in [0.29, 0.717) is 21.9 Å². The van der Waals surface area contributed by atoms with E-state index < -0.39 is 5.91 Å². The molecular weight excluding hydrogens is 424 g/mol. The topological polar surface area (TPSA) is 106 Å². The van der Waals surface area contributed by atoms with Crippen molar-refractivity contribution in [2.24, 2.45) is 5.73 Å². The number of pyridine rings is 1. The summed E-state index contributed by atoms with van der Waals surface area (Å²) in [6, 6.07) is 11.1. The zero-order valence-corrected chi connectivity index (χ0v) is 19.0. The molecule has 0 aliphatic heterocycles. The van der Waals surface area contributed by atoms with Crippen LogP contribution in [0.2, 0.25) is 0 Å². The second-order valence-electron chi connectivity index (χ2n) is 7.68. The van der Waals surface area contributed by atoms with Gasteiger partial charge in [-0.15, -0.1) is 11.3 Å². The lowest BCUT2D eigenvalue weighted by atomic mass is 10.0. The fourth-order valence-electron chi connectivity index (χ4n) is 3.22. The summed E-state index contributed by atoms with van der Waals surface area (Å²) < 4.78 is 0. The number of amides is 2. The fraction of sp³-hybridized carbons (Fsp3) is 0.292. The molecule has 0 saturated heterocycles. The maximum atomic E-state index is 12.8. The van der Waals surface area contributed by atoms with Gasteiger partial charge in [-0.05, 0) is 37.0 Å². The third-order valence-electron chi connectivity index (χ3n) is 5.06. The van der Waals surface area contributed by atoms with Crippen molar-refractivity contribution in [1.82, 2.24) is 14.9 Å². The standard InChI is InChI=1S/C24H26N4O3S/c1-28(2)21(30)6-4-3-5-16-7-9-17(10-8-16)19(29)15-20-22(23(25)31)27-24(32-20)18-11-13-26-14-12-18/h7-14H,3-6,15H2,1-2H3,(H2,25,31). The normalized spacial score (nSPS) is 10.7. The van der Waals surface area contributed by atoms with Crippen molar-refractivity contribution >= 4 is 28.9 Å². The summed E-state index contributed by atoms with van der Waals surface area (Å²) in [6.45, 7) is 0. The molecule has 3 aromatic rings. The Morgan fingerprint density at radius 3 is 2.31 bits per heavy atom. The van der Waals surface area contributed by atoms with Crippen LogP contribution in [0, 0.1) is 0 Å². The van der Waals surface area contributed by atoms with Gasteiger partial charge in [0.05, 0.1) is 0 Å². The van der Waals surface area contributed by atoms with Crippen molar-refractivity contribution in [3.8, 4) is 10.6 Å². The zero-order chi connectivity index (χ0) is 23.1. The molecule has 0 aliphatic carbocycles. The highest BCUT2D eigenvalue weighted by Crippen LogP contribution is 2.28. The molecule has 2 amide bonds. The van der Waals surface area contributed by atoms with Gasteiger partial charge in [0.2, 0.25) is 5.91 Å². The number of benzene rings is 1. The summed E-state index contributed by atoms with van der Waals surface area (Å²) in [4.78, 5) is 46.8. The Morgan fingerprint density at radius 2 is 1.69 bits per heavy atom. The Morgan fingerprint density at radius 1 is 1.00 bits per heavy atom. The average Bonchev–Trinajstić information content (AvgIpc) is 3.21. The number of aromatic nitrogens is 2. The molecule has 0 unspecified atom stereocenters. The molecular formula is C24H26N4O3S. The molecule has 0 bridgehead atoms. The van der Waals surface area contributed by atoms with Gasteiger partial charge in [-0.1, -0.05) is 24.3 Å². The van der Waals surface area contributed by atoms with Gasteiger partial charge in [-0.2, -0.15) is 0 Å². The number of nitrogens with zero attached hydrogens (tertiary/aromatic N) is 3. The number of primary amides is 1. The van der Waals surface area contributed by atoms with Crippen LogP contribution < -0.4 is 5.73 Å². The first-order chi connectivity index (χ1) is 15.3. The van der Waals surface area contributed by atoms with Crippen LogP contribution in [-0.2, 0) is 17.6 Å². The van der Waals surface area contributed by atoms with E-state index in [-0.39, 0.29) is 23.8 Å². The van der Waals surface area contributed by atoms with E-state index in [0.717, 1.165) is 30.4 Å². The molecule has 2 heterocycles. The SMILES string of the molecule is CN(C)C(=O)CCCCc1ccc(C(=O)Cc2sc(-c3ccncc3)nc2C(N)=O)cc1. The highest BCUT2D eigenvalue weighted by molar-refractivity contribution is 7.15. The van der Waals surface area contributed by atoms with Crippen molar-refractivity contribution in [3.05, 3.63) is 70.5 Å². The number of nitrogens with two attached hydrogens (primary N) is 1. The number of Topliss-reactive ketones (excluding diaryl/α,β-unsaturated/α-hetero) is 1. The lowest BCUT2D eigenvalue weighted by Crippen LogP contribution is -2.21. The summed E-state index contributed by atoms with van der Waals surface area (Å²) >= 11 is 1.29. The van der Waals surface area contributed by atoms with Crippen LogP contribution in [0.15, 0.2) is 48.8 Å². The van der Waals surface area contributed by atoms with E-state index in [1.165, 1.54) is 11.3 Å². The molecule has 0 fully saturated rings. The Balaban J connectivity index is 1.63. The van der Waals surface area contributed by atoms with Crippen LogP contribution in [0.4, 0.5) is 0 Å². The lowest BCUT2D eigenvalue weighted by molar-refractivity contribution is -0.128. The predicted octanol–water partition coefficient (Wildman–Crippen LogP) is 3.53. The maximum absolute atomic E-state index is 12.8. The molecule has 7 nitrogen and oxygen atoms in total. The van der Waals surface area contributed by atoms with Crippen LogP contribution in [0.3, 0.4) is 0 Å². The molecule has 3 rings (SSSR count). The largest absolute Gasteiger partial charge is 0.364 e.